The highest BCUT2D eigenvalue weighted by Gasteiger charge is 2.44. The minimum Gasteiger partial charge on any atom is -0.383 e. The van der Waals surface area contributed by atoms with Crippen molar-refractivity contribution in [1.82, 2.24) is 10.6 Å². The van der Waals surface area contributed by atoms with Gasteiger partial charge in [-0.2, -0.15) is 0 Å². The highest BCUT2D eigenvalue weighted by Crippen LogP contribution is 2.48. The van der Waals surface area contributed by atoms with Gasteiger partial charge in [0.1, 0.15) is 0 Å². The van der Waals surface area contributed by atoms with Crippen LogP contribution in [0.25, 0.3) is 0 Å². The summed E-state index contributed by atoms with van der Waals surface area (Å²) < 4.78 is 4.94. The standard InChI is InChI=1S/C16H24N2O2/c1-12-5-3-4-6-13(12)14-11-15(14)16(19)18-8-7-17-9-10-20-2/h3-6,14-15,17H,7-11H2,1-2H3,(H,18,19). The Hall–Kier alpha value is -1.39. The molecule has 0 bridgehead atoms. The molecule has 2 rings (SSSR count). The van der Waals surface area contributed by atoms with Crippen LogP contribution in [0.3, 0.4) is 0 Å². The van der Waals surface area contributed by atoms with Gasteiger partial charge in [-0.05, 0) is 30.4 Å². The number of benzene rings is 1. The highest BCUT2D eigenvalue weighted by atomic mass is 16.5. The number of hydrogen-bond donors (Lipinski definition) is 2. The summed E-state index contributed by atoms with van der Waals surface area (Å²) in [5.74, 6) is 0.763. The van der Waals surface area contributed by atoms with Crippen LogP contribution in [0.4, 0.5) is 0 Å². The number of hydrogen-bond acceptors (Lipinski definition) is 3. The third-order valence-electron chi connectivity index (χ3n) is 3.80. The third-order valence-corrected chi connectivity index (χ3v) is 3.80. The van der Waals surface area contributed by atoms with Gasteiger partial charge in [-0.1, -0.05) is 24.3 Å². The van der Waals surface area contributed by atoms with Crippen molar-refractivity contribution in [3.63, 3.8) is 0 Å². The maximum Gasteiger partial charge on any atom is 0.223 e. The van der Waals surface area contributed by atoms with Crippen LogP contribution in [-0.4, -0.2) is 39.3 Å². The van der Waals surface area contributed by atoms with Gasteiger partial charge in [-0.25, -0.2) is 0 Å². The van der Waals surface area contributed by atoms with Crippen molar-refractivity contribution in [2.45, 2.75) is 19.3 Å². The van der Waals surface area contributed by atoms with Crippen molar-refractivity contribution < 1.29 is 9.53 Å². The lowest BCUT2D eigenvalue weighted by atomic mass is 10.0. The van der Waals surface area contributed by atoms with Crippen LogP contribution >= 0.6 is 0 Å². The first-order valence-electron chi connectivity index (χ1n) is 7.27. The average Bonchev–Trinajstić information content (AvgIpc) is 3.23. The van der Waals surface area contributed by atoms with Crippen LogP contribution in [0.1, 0.15) is 23.5 Å². The molecule has 0 spiro atoms. The fraction of sp³-hybridized carbons (Fsp3) is 0.562. The average molecular weight is 276 g/mol. The van der Waals surface area contributed by atoms with E-state index in [1.54, 1.807) is 7.11 Å². The van der Waals surface area contributed by atoms with Gasteiger partial charge < -0.3 is 15.4 Å². The van der Waals surface area contributed by atoms with Crippen molar-refractivity contribution in [1.29, 1.82) is 0 Å². The molecule has 20 heavy (non-hydrogen) atoms. The SMILES string of the molecule is COCCNCCNC(=O)C1CC1c1ccccc1C. The zero-order valence-corrected chi connectivity index (χ0v) is 12.3. The van der Waals surface area contributed by atoms with Crippen molar-refractivity contribution in [3.8, 4) is 0 Å². The van der Waals surface area contributed by atoms with E-state index in [9.17, 15) is 4.79 Å². The molecule has 2 unspecified atom stereocenters. The lowest BCUT2D eigenvalue weighted by Crippen LogP contribution is -2.34. The number of carbonyl (C=O) groups excluding carboxylic acids is 1. The van der Waals surface area contributed by atoms with Crippen molar-refractivity contribution in [2.24, 2.45) is 5.92 Å². The molecule has 1 aromatic rings. The quantitative estimate of drug-likeness (QED) is 0.707. The zero-order valence-electron chi connectivity index (χ0n) is 12.3. The lowest BCUT2D eigenvalue weighted by Gasteiger charge is -2.07. The molecule has 0 radical (unpaired) electrons. The summed E-state index contributed by atoms with van der Waals surface area (Å²) in [5.41, 5.74) is 2.61. The van der Waals surface area contributed by atoms with Crippen LogP contribution in [0.15, 0.2) is 24.3 Å². The van der Waals surface area contributed by atoms with Gasteiger partial charge in [-0.15, -0.1) is 0 Å². The largest absolute Gasteiger partial charge is 0.383 e. The molecule has 4 heteroatoms. The van der Waals surface area contributed by atoms with E-state index < -0.39 is 0 Å². The van der Waals surface area contributed by atoms with Crippen LogP contribution in [0.2, 0.25) is 0 Å². The molecule has 0 saturated heterocycles. The van der Waals surface area contributed by atoms with E-state index >= 15 is 0 Å². The summed E-state index contributed by atoms with van der Waals surface area (Å²) in [6.07, 6.45) is 0.980. The number of rotatable bonds is 8. The van der Waals surface area contributed by atoms with Crippen molar-refractivity contribution >= 4 is 5.91 Å². The second-order valence-corrected chi connectivity index (χ2v) is 5.34. The van der Waals surface area contributed by atoms with Crippen LogP contribution in [0.5, 0.6) is 0 Å². The summed E-state index contributed by atoms with van der Waals surface area (Å²) in [6, 6.07) is 8.35. The molecule has 2 N–H and O–H groups in total. The predicted molar refractivity (Wildman–Crippen MR) is 79.8 cm³/mol. The maximum atomic E-state index is 12.0. The van der Waals surface area contributed by atoms with Crippen LogP contribution < -0.4 is 10.6 Å². The number of aryl methyl sites for hydroxylation is 1. The Kier molecular flexibility index (Phi) is 5.56. The van der Waals surface area contributed by atoms with E-state index in [0.717, 1.165) is 19.5 Å². The van der Waals surface area contributed by atoms with E-state index in [2.05, 4.69) is 35.8 Å². The van der Waals surface area contributed by atoms with Crippen molar-refractivity contribution in [3.05, 3.63) is 35.4 Å². The molecule has 1 aliphatic rings. The normalized spacial score (nSPS) is 20.7. The second kappa shape index (κ2) is 7.41. The first kappa shape index (κ1) is 15.0. The number of nitrogens with one attached hydrogen (secondary N) is 2. The Balaban J connectivity index is 1.67. The molecule has 110 valence electrons. The van der Waals surface area contributed by atoms with Gasteiger partial charge in [0, 0.05) is 32.7 Å². The van der Waals surface area contributed by atoms with E-state index in [0.29, 0.717) is 19.1 Å². The first-order valence-corrected chi connectivity index (χ1v) is 7.27. The molecular weight excluding hydrogens is 252 g/mol. The predicted octanol–water partition coefficient (Wildman–Crippen LogP) is 1.45. The molecule has 1 aliphatic carbocycles. The van der Waals surface area contributed by atoms with E-state index in [4.69, 9.17) is 4.74 Å². The highest BCUT2D eigenvalue weighted by molar-refractivity contribution is 5.83. The topological polar surface area (TPSA) is 50.4 Å². The maximum absolute atomic E-state index is 12.0. The van der Waals surface area contributed by atoms with Gasteiger partial charge >= 0.3 is 0 Å². The molecule has 0 aliphatic heterocycles. The van der Waals surface area contributed by atoms with Gasteiger partial charge in [0.25, 0.3) is 0 Å². The minimum atomic E-state index is 0.162. The van der Waals surface area contributed by atoms with Gasteiger partial charge in [0.2, 0.25) is 5.91 Å². The van der Waals surface area contributed by atoms with Gasteiger partial charge in [0.15, 0.2) is 0 Å². The summed E-state index contributed by atoms with van der Waals surface area (Å²) in [6.45, 7) is 5.10. The fourth-order valence-electron chi connectivity index (χ4n) is 2.54. The molecule has 1 amide bonds. The van der Waals surface area contributed by atoms with Crippen molar-refractivity contribution in [2.75, 3.05) is 33.4 Å². The van der Waals surface area contributed by atoms with Gasteiger partial charge in [-0.3, -0.25) is 4.79 Å². The second-order valence-electron chi connectivity index (χ2n) is 5.34. The Bertz CT molecular complexity index is 448. The Morgan fingerprint density at radius 3 is 2.85 bits per heavy atom. The molecule has 4 nitrogen and oxygen atoms in total. The number of carbonyl (C=O) groups is 1. The first-order chi connectivity index (χ1) is 9.74. The van der Waals surface area contributed by atoms with Crippen LogP contribution in [-0.2, 0) is 9.53 Å². The lowest BCUT2D eigenvalue weighted by molar-refractivity contribution is -0.122. The summed E-state index contributed by atoms with van der Waals surface area (Å²) in [5, 5.41) is 6.21. The Morgan fingerprint density at radius 2 is 2.10 bits per heavy atom. The molecule has 0 aromatic heterocycles. The molecule has 0 heterocycles. The molecule has 1 fully saturated rings. The molecule has 2 atom stereocenters. The Morgan fingerprint density at radius 1 is 1.30 bits per heavy atom. The minimum absolute atomic E-state index is 0.162. The Labute approximate surface area is 120 Å². The van der Waals surface area contributed by atoms with E-state index in [-0.39, 0.29) is 11.8 Å². The summed E-state index contributed by atoms with van der Waals surface area (Å²) in [4.78, 5) is 12.0. The zero-order chi connectivity index (χ0) is 14.4. The number of methoxy groups -OCH3 is 1. The van der Waals surface area contributed by atoms with E-state index in [1.807, 2.05) is 6.07 Å². The number of amides is 1. The van der Waals surface area contributed by atoms with E-state index in [1.165, 1.54) is 11.1 Å². The summed E-state index contributed by atoms with van der Waals surface area (Å²) in [7, 11) is 1.68. The molecule has 1 aromatic carbocycles. The molecular formula is C16H24N2O2. The smallest absolute Gasteiger partial charge is 0.223 e. The third kappa shape index (κ3) is 4.05. The summed E-state index contributed by atoms with van der Waals surface area (Å²) >= 11 is 0. The monoisotopic (exact) mass is 276 g/mol. The fourth-order valence-corrected chi connectivity index (χ4v) is 2.54. The van der Waals surface area contributed by atoms with Gasteiger partial charge in [0.05, 0.1) is 6.61 Å². The molecule has 1 saturated carbocycles. The van der Waals surface area contributed by atoms with Crippen LogP contribution in [0, 0.1) is 12.8 Å². The number of ether oxygens (including phenoxy) is 1.